The number of carbonyl (C=O) groups excluding carboxylic acids is 2. The van der Waals surface area contributed by atoms with Gasteiger partial charge in [0, 0.05) is 24.7 Å². The Labute approximate surface area is 180 Å². The Kier molecular flexibility index (Phi) is 6.13. The molecule has 0 saturated carbocycles. The first-order chi connectivity index (χ1) is 14.4. The number of anilines is 1. The van der Waals surface area contributed by atoms with Crippen LogP contribution in [0, 0.1) is 0 Å². The molecular formula is C19H24N6O5S. The molecule has 0 fully saturated rings. The molecule has 3 N–H and O–H groups in total. The minimum Gasteiger partial charge on any atom is -0.443 e. The maximum atomic E-state index is 12.1. The summed E-state index contributed by atoms with van der Waals surface area (Å²) in [6, 6.07) is 6.85. The van der Waals surface area contributed by atoms with E-state index in [1.54, 1.807) is 46.0 Å². The van der Waals surface area contributed by atoms with E-state index in [0.717, 1.165) is 11.1 Å². The van der Waals surface area contributed by atoms with Crippen LogP contribution < -0.4 is 14.8 Å². The van der Waals surface area contributed by atoms with E-state index in [1.807, 2.05) is 10.8 Å². The van der Waals surface area contributed by atoms with Gasteiger partial charge in [-0.1, -0.05) is 18.2 Å². The van der Waals surface area contributed by atoms with E-state index in [2.05, 4.69) is 20.0 Å². The van der Waals surface area contributed by atoms with Crippen LogP contribution in [-0.4, -0.2) is 48.1 Å². The first kappa shape index (κ1) is 22.4. The highest BCUT2D eigenvalue weighted by molar-refractivity contribution is 7.88. The Morgan fingerprint density at radius 3 is 2.74 bits per heavy atom. The Morgan fingerprint density at radius 1 is 1.29 bits per heavy atom. The third kappa shape index (κ3) is 5.89. The van der Waals surface area contributed by atoms with Crippen molar-refractivity contribution >= 4 is 28.2 Å². The zero-order valence-corrected chi connectivity index (χ0v) is 18.4. The van der Waals surface area contributed by atoms with Crippen LogP contribution in [0.2, 0.25) is 0 Å². The van der Waals surface area contributed by atoms with Gasteiger partial charge in [0.05, 0.1) is 12.2 Å². The van der Waals surface area contributed by atoms with Crippen LogP contribution in [0.25, 0.3) is 11.3 Å². The van der Waals surface area contributed by atoms with Crippen LogP contribution in [0.15, 0.2) is 30.6 Å². The molecule has 0 saturated heterocycles. The van der Waals surface area contributed by atoms with E-state index < -0.39 is 21.9 Å². The van der Waals surface area contributed by atoms with Gasteiger partial charge in [0.25, 0.3) is 0 Å². The van der Waals surface area contributed by atoms with Gasteiger partial charge >= 0.3 is 22.3 Å². The Balaban J connectivity index is 1.74. The second-order valence-corrected chi connectivity index (χ2v) is 9.46. The number of ether oxygens (including phenoxy) is 1. The number of nitrogens with one attached hydrogen (secondary N) is 3. The minimum atomic E-state index is -4.11. The summed E-state index contributed by atoms with van der Waals surface area (Å²) in [6.07, 6.45) is 0.299. The largest absolute Gasteiger partial charge is 0.443 e. The summed E-state index contributed by atoms with van der Waals surface area (Å²) in [5.41, 5.74) is 1.95. The van der Waals surface area contributed by atoms with Crippen molar-refractivity contribution in [3.8, 4) is 11.3 Å². The molecule has 0 aliphatic carbocycles. The molecule has 166 valence electrons. The van der Waals surface area contributed by atoms with Crippen LogP contribution in [0.1, 0.15) is 31.9 Å². The van der Waals surface area contributed by atoms with Crippen LogP contribution in [0.4, 0.5) is 15.4 Å². The van der Waals surface area contributed by atoms with Crippen molar-refractivity contribution in [2.75, 3.05) is 12.4 Å². The van der Waals surface area contributed by atoms with Crippen LogP contribution in [0.3, 0.4) is 0 Å². The molecular weight excluding hydrogens is 424 g/mol. The van der Waals surface area contributed by atoms with E-state index >= 15 is 0 Å². The fourth-order valence-electron chi connectivity index (χ4n) is 2.88. The van der Waals surface area contributed by atoms with Crippen LogP contribution >= 0.6 is 0 Å². The molecule has 3 amide bonds. The maximum Gasteiger partial charge on any atom is 0.422 e. The molecule has 2 aromatic rings. The molecule has 1 aliphatic heterocycles. The lowest BCUT2D eigenvalue weighted by Crippen LogP contribution is -2.42. The second kappa shape index (κ2) is 8.47. The number of fused-ring (bicyclic) bond motifs is 1. The number of nitrogens with zero attached hydrogens (tertiary/aromatic N) is 3. The molecule has 1 aliphatic rings. The Bertz CT molecular complexity index is 1110. The normalized spacial score (nSPS) is 13.9. The molecule has 0 radical (unpaired) electrons. The number of hydrogen-bond donors (Lipinski definition) is 3. The highest BCUT2D eigenvalue weighted by Crippen LogP contribution is 2.29. The highest BCUT2D eigenvalue weighted by atomic mass is 32.2. The zero-order chi connectivity index (χ0) is 22.8. The maximum absolute atomic E-state index is 12.1. The lowest BCUT2D eigenvalue weighted by atomic mass is 10.0. The second-order valence-electron chi connectivity index (χ2n) is 7.96. The summed E-state index contributed by atoms with van der Waals surface area (Å²) < 4.78 is 33.3. The van der Waals surface area contributed by atoms with Crippen molar-refractivity contribution in [3.05, 3.63) is 41.7 Å². The minimum absolute atomic E-state index is 0.0596. The summed E-state index contributed by atoms with van der Waals surface area (Å²) in [6.45, 7) is 5.18. The average molecular weight is 449 g/mol. The molecule has 11 nitrogen and oxygen atoms in total. The van der Waals surface area contributed by atoms with Crippen molar-refractivity contribution in [1.82, 2.24) is 24.3 Å². The SMILES string of the molecule is CN1Cc2c(ncnc2-c2cccc(CNS(=O)(=O)NC(=O)OC(C)(C)C)c2)NC1=O. The van der Waals surface area contributed by atoms with E-state index in [9.17, 15) is 18.0 Å². The molecule has 2 heterocycles. The van der Waals surface area contributed by atoms with Crippen LogP contribution in [0.5, 0.6) is 0 Å². The number of benzene rings is 1. The van der Waals surface area contributed by atoms with Gasteiger partial charge in [-0.25, -0.2) is 24.3 Å². The summed E-state index contributed by atoms with van der Waals surface area (Å²) in [5, 5.41) is 2.71. The first-order valence-electron chi connectivity index (χ1n) is 9.39. The monoisotopic (exact) mass is 448 g/mol. The molecule has 3 rings (SSSR count). The summed E-state index contributed by atoms with van der Waals surface area (Å²) >= 11 is 0. The quantitative estimate of drug-likeness (QED) is 0.635. The van der Waals surface area contributed by atoms with Crippen molar-refractivity contribution in [3.63, 3.8) is 0 Å². The van der Waals surface area contributed by atoms with Crippen molar-refractivity contribution in [1.29, 1.82) is 0 Å². The van der Waals surface area contributed by atoms with Crippen LogP contribution in [-0.2, 0) is 28.0 Å². The Hall–Kier alpha value is -3.25. The van der Waals surface area contributed by atoms with Gasteiger partial charge in [-0.2, -0.15) is 13.1 Å². The van der Waals surface area contributed by atoms with Crippen molar-refractivity contribution in [2.45, 2.75) is 39.5 Å². The molecule has 12 heteroatoms. The number of carbonyl (C=O) groups is 2. The van der Waals surface area contributed by atoms with E-state index in [0.29, 0.717) is 23.6 Å². The van der Waals surface area contributed by atoms with Gasteiger partial charge in [-0.05, 0) is 32.4 Å². The Morgan fingerprint density at radius 2 is 2.03 bits per heavy atom. The van der Waals surface area contributed by atoms with Gasteiger partial charge < -0.3 is 9.64 Å². The number of rotatable bonds is 5. The first-order valence-corrected chi connectivity index (χ1v) is 10.9. The van der Waals surface area contributed by atoms with E-state index in [-0.39, 0.29) is 12.6 Å². The fourth-order valence-corrected chi connectivity index (χ4v) is 3.57. The zero-order valence-electron chi connectivity index (χ0n) is 17.6. The molecule has 0 bridgehead atoms. The van der Waals surface area contributed by atoms with Crippen molar-refractivity contribution < 1.29 is 22.7 Å². The van der Waals surface area contributed by atoms with E-state index in [1.165, 1.54) is 11.2 Å². The van der Waals surface area contributed by atoms with Gasteiger partial charge in [0.2, 0.25) is 0 Å². The predicted octanol–water partition coefficient (Wildman–Crippen LogP) is 1.98. The lowest BCUT2D eigenvalue weighted by Gasteiger charge is -2.26. The molecule has 0 atom stereocenters. The smallest absolute Gasteiger partial charge is 0.422 e. The van der Waals surface area contributed by atoms with Gasteiger partial charge in [0.15, 0.2) is 0 Å². The summed E-state index contributed by atoms with van der Waals surface area (Å²) in [7, 11) is -2.45. The van der Waals surface area contributed by atoms with E-state index in [4.69, 9.17) is 4.74 Å². The molecule has 31 heavy (non-hydrogen) atoms. The molecule has 1 aromatic carbocycles. The average Bonchev–Trinajstić information content (AvgIpc) is 2.65. The number of hydrogen-bond acceptors (Lipinski definition) is 7. The molecule has 1 aromatic heterocycles. The third-order valence-electron chi connectivity index (χ3n) is 4.20. The third-order valence-corrected chi connectivity index (χ3v) is 5.16. The standard InChI is InChI=1S/C19H24N6O5S/c1-19(2,3)30-18(27)24-31(28,29)22-9-12-6-5-7-13(8-12)15-14-10-25(4)17(26)23-16(14)21-11-20-15/h5-8,11,22H,9-10H2,1-4H3,(H,24,27)(H,20,21,23,26). The number of urea groups is 1. The number of aromatic nitrogens is 2. The van der Waals surface area contributed by atoms with Gasteiger partial charge in [0.1, 0.15) is 17.7 Å². The van der Waals surface area contributed by atoms with Gasteiger partial charge in [-0.15, -0.1) is 0 Å². The van der Waals surface area contributed by atoms with Gasteiger partial charge in [-0.3, -0.25) is 5.32 Å². The molecule has 0 unspecified atom stereocenters. The lowest BCUT2D eigenvalue weighted by molar-refractivity contribution is 0.0569. The molecule has 0 spiro atoms. The topological polar surface area (TPSA) is 143 Å². The predicted molar refractivity (Wildman–Crippen MR) is 113 cm³/mol. The van der Waals surface area contributed by atoms with Crippen molar-refractivity contribution in [2.24, 2.45) is 0 Å². The fraction of sp³-hybridized carbons (Fsp3) is 0.368. The highest BCUT2D eigenvalue weighted by Gasteiger charge is 2.24. The number of amides is 3. The summed E-state index contributed by atoms with van der Waals surface area (Å²) in [5.74, 6) is 0.445. The summed E-state index contributed by atoms with van der Waals surface area (Å²) in [4.78, 5) is 33.5.